The number of thiophene rings is 1. The van der Waals surface area contributed by atoms with Crippen LogP contribution in [0.4, 0.5) is 0 Å². The van der Waals surface area contributed by atoms with E-state index in [1.165, 1.54) is 4.88 Å². The highest BCUT2D eigenvalue weighted by molar-refractivity contribution is 7.10. The van der Waals surface area contributed by atoms with Crippen LogP contribution in [0, 0.1) is 13.8 Å². The van der Waals surface area contributed by atoms with Gasteiger partial charge in [-0.2, -0.15) is 0 Å². The molecule has 2 aromatic rings. The Labute approximate surface area is 163 Å². The van der Waals surface area contributed by atoms with E-state index in [1.807, 2.05) is 26.2 Å². The second-order valence-corrected chi connectivity index (χ2v) is 8.21. The average Bonchev–Trinajstić information content (AvgIpc) is 3.17. The summed E-state index contributed by atoms with van der Waals surface area (Å²) in [6.07, 6.45) is 1.00. The van der Waals surface area contributed by atoms with Crippen molar-refractivity contribution in [1.29, 1.82) is 0 Å². The highest BCUT2D eigenvalue weighted by atomic mass is 32.1. The van der Waals surface area contributed by atoms with Crippen LogP contribution >= 0.6 is 11.3 Å². The molecule has 0 bridgehead atoms. The van der Waals surface area contributed by atoms with Gasteiger partial charge in [0.15, 0.2) is 0 Å². The van der Waals surface area contributed by atoms with Gasteiger partial charge in [-0.25, -0.2) is 0 Å². The molecule has 1 atom stereocenters. The molecule has 27 heavy (non-hydrogen) atoms. The monoisotopic (exact) mass is 390 g/mol. The van der Waals surface area contributed by atoms with Crippen molar-refractivity contribution < 1.29 is 14.1 Å². The second-order valence-electron chi connectivity index (χ2n) is 7.25. The number of nitrogens with zero attached hydrogens (tertiary/aromatic N) is 3. The van der Waals surface area contributed by atoms with Crippen molar-refractivity contribution in [2.75, 3.05) is 13.6 Å². The Balaban J connectivity index is 1.71. The van der Waals surface area contributed by atoms with Gasteiger partial charge in [0.2, 0.25) is 5.91 Å². The van der Waals surface area contributed by atoms with E-state index in [0.29, 0.717) is 0 Å². The Bertz CT molecular complexity index is 838. The first kappa shape index (κ1) is 19.6. The van der Waals surface area contributed by atoms with Crippen LogP contribution in [-0.4, -0.2) is 46.4 Å². The molecular formula is C19H26N4O3S. The molecule has 1 aliphatic heterocycles. The third-order valence-electron chi connectivity index (χ3n) is 5.30. The second kappa shape index (κ2) is 7.82. The van der Waals surface area contributed by atoms with E-state index in [-0.39, 0.29) is 18.4 Å². The minimum Gasteiger partial charge on any atom is -0.370 e. The van der Waals surface area contributed by atoms with Crippen LogP contribution in [0.25, 0.3) is 0 Å². The van der Waals surface area contributed by atoms with Crippen molar-refractivity contribution >= 4 is 23.2 Å². The number of nitrogens with two attached hydrogens (primary N) is 1. The van der Waals surface area contributed by atoms with Crippen LogP contribution in [0.3, 0.4) is 0 Å². The fraction of sp³-hybridized carbons (Fsp3) is 0.526. The largest absolute Gasteiger partial charge is 0.370 e. The summed E-state index contributed by atoms with van der Waals surface area (Å²) in [6, 6.07) is -0.217. The molecule has 8 heteroatoms. The summed E-state index contributed by atoms with van der Waals surface area (Å²) in [5, 5.41) is 5.97. The third-order valence-corrected chi connectivity index (χ3v) is 6.31. The van der Waals surface area contributed by atoms with E-state index in [2.05, 4.69) is 10.1 Å². The molecule has 146 valence electrons. The van der Waals surface area contributed by atoms with Gasteiger partial charge in [0.25, 0.3) is 5.91 Å². The molecule has 3 rings (SSSR count). The molecule has 0 fully saturated rings. The smallest absolute Gasteiger partial charge is 0.254 e. The Morgan fingerprint density at radius 2 is 2.19 bits per heavy atom. The first-order valence-corrected chi connectivity index (χ1v) is 9.94. The van der Waals surface area contributed by atoms with Crippen LogP contribution < -0.4 is 5.73 Å². The number of carbonyl (C=O) groups is 2. The van der Waals surface area contributed by atoms with E-state index in [9.17, 15) is 9.59 Å². The molecule has 0 radical (unpaired) electrons. The molecular weight excluding hydrogens is 364 g/mol. The van der Waals surface area contributed by atoms with Crippen molar-refractivity contribution in [3.63, 3.8) is 0 Å². The predicted molar refractivity (Wildman–Crippen MR) is 103 cm³/mol. The number of rotatable bonds is 6. The molecule has 2 N–H and O–H groups in total. The highest BCUT2D eigenvalue weighted by Crippen LogP contribution is 2.31. The zero-order valence-electron chi connectivity index (χ0n) is 16.2. The molecule has 0 aromatic carbocycles. The summed E-state index contributed by atoms with van der Waals surface area (Å²) < 4.78 is 5.26. The number of hydrogen-bond acceptors (Lipinski definition) is 6. The molecule has 2 aromatic heterocycles. The van der Waals surface area contributed by atoms with Gasteiger partial charge in [-0.15, -0.1) is 11.3 Å². The fourth-order valence-electron chi connectivity index (χ4n) is 3.47. The maximum atomic E-state index is 12.9. The number of hydrogen-bond donors (Lipinski definition) is 1. The molecule has 2 amide bonds. The van der Waals surface area contributed by atoms with Crippen molar-refractivity contribution in [3.8, 4) is 0 Å². The van der Waals surface area contributed by atoms with Gasteiger partial charge < -0.3 is 15.2 Å². The van der Waals surface area contributed by atoms with Gasteiger partial charge in [0, 0.05) is 55.0 Å². The molecule has 0 saturated heterocycles. The van der Waals surface area contributed by atoms with E-state index in [0.717, 1.165) is 54.2 Å². The number of fused-ring (bicyclic) bond motifs is 1. The summed E-state index contributed by atoms with van der Waals surface area (Å²) in [5.41, 5.74) is 9.23. The van der Waals surface area contributed by atoms with Crippen molar-refractivity contribution in [2.24, 2.45) is 5.73 Å². The number of aryl methyl sites for hydroxylation is 2. The van der Waals surface area contributed by atoms with Gasteiger partial charge in [0.05, 0.1) is 11.3 Å². The molecule has 7 nitrogen and oxygen atoms in total. The molecule has 0 spiro atoms. The van der Waals surface area contributed by atoms with Gasteiger partial charge >= 0.3 is 0 Å². The minimum absolute atomic E-state index is 0.0413. The van der Waals surface area contributed by atoms with Crippen LogP contribution in [-0.2, 0) is 24.3 Å². The molecule has 1 aliphatic rings. The summed E-state index contributed by atoms with van der Waals surface area (Å²) in [5.74, 6) is 0.426. The van der Waals surface area contributed by atoms with Crippen molar-refractivity contribution in [2.45, 2.75) is 52.7 Å². The molecule has 0 aliphatic carbocycles. The van der Waals surface area contributed by atoms with Crippen LogP contribution in [0.2, 0.25) is 0 Å². The predicted octanol–water partition coefficient (Wildman–Crippen LogP) is 2.25. The summed E-state index contributed by atoms with van der Waals surface area (Å²) >= 11 is 1.63. The first-order valence-electron chi connectivity index (χ1n) is 9.06. The normalized spacial score (nSPS) is 15.4. The van der Waals surface area contributed by atoms with E-state index in [1.54, 1.807) is 23.3 Å². The zero-order chi connectivity index (χ0) is 19.7. The Morgan fingerprint density at radius 1 is 1.44 bits per heavy atom. The average molecular weight is 391 g/mol. The zero-order valence-corrected chi connectivity index (χ0v) is 17.1. The summed E-state index contributed by atoms with van der Waals surface area (Å²) in [4.78, 5) is 29.2. The van der Waals surface area contributed by atoms with Crippen molar-refractivity contribution in [3.05, 3.63) is 38.4 Å². The first-order chi connectivity index (χ1) is 12.8. The third kappa shape index (κ3) is 4.06. The van der Waals surface area contributed by atoms with E-state index >= 15 is 0 Å². The SMILES string of the molecule is Cc1noc(C)c1CN1CCc2c(C(=O)N(C)[C@H](C)CC(N)=O)csc2C1. The molecule has 0 unspecified atom stereocenters. The van der Waals surface area contributed by atoms with Gasteiger partial charge in [0.1, 0.15) is 5.76 Å². The lowest BCUT2D eigenvalue weighted by molar-refractivity contribution is -0.118. The maximum absolute atomic E-state index is 12.9. The summed E-state index contributed by atoms with van der Waals surface area (Å²) in [7, 11) is 1.73. The lowest BCUT2D eigenvalue weighted by Crippen LogP contribution is -2.38. The number of aromatic nitrogens is 1. The van der Waals surface area contributed by atoms with Gasteiger partial charge in [-0.1, -0.05) is 5.16 Å². The molecule has 0 saturated carbocycles. The fourth-order valence-corrected chi connectivity index (χ4v) is 4.58. The lowest BCUT2D eigenvalue weighted by Gasteiger charge is -2.28. The molecule has 3 heterocycles. The Hall–Kier alpha value is -2.19. The Kier molecular flexibility index (Phi) is 5.67. The topological polar surface area (TPSA) is 92.7 Å². The Morgan fingerprint density at radius 3 is 2.81 bits per heavy atom. The maximum Gasteiger partial charge on any atom is 0.254 e. The van der Waals surface area contributed by atoms with Crippen molar-refractivity contribution in [1.82, 2.24) is 15.0 Å². The van der Waals surface area contributed by atoms with Gasteiger partial charge in [-0.3, -0.25) is 14.5 Å². The standard InChI is InChI=1S/C19H26N4O3S/c1-11(7-18(20)24)22(4)19(25)16-10-27-17-9-23(6-5-14(16)17)8-15-12(2)21-26-13(15)3/h10-11H,5-9H2,1-4H3,(H2,20,24)/t11-/m1/s1. The van der Waals surface area contributed by atoms with E-state index in [4.69, 9.17) is 10.3 Å². The quantitative estimate of drug-likeness (QED) is 0.817. The van der Waals surface area contributed by atoms with Crippen LogP contribution in [0.1, 0.15) is 51.2 Å². The summed E-state index contributed by atoms with van der Waals surface area (Å²) in [6.45, 7) is 8.25. The number of carbonyl (C=O) groups excluding carboxylic acids is 2. The van der Waals surface area contributed by atoms with E-state index < -0.39 is 5.91 Å². The minimum atomic E-state index is -0.399. The lowest BCUT2D eigenvalue weighted by atomic mass is 10.0. The van der Waals surface area contributed by atoms with Crippen LogP contribution in [0.15, 0.2) is 9.90 Å². The van der Waals surface area contributed by atoms with Crippen LogP contribution in [0.5, 0.6) is 0 Å². The van der Waals surface area contributed by atoms with Gasteiger partial charge in [-0.05, 0) is 32.8 Å². The number of primary amides is 1. The number of amides is 2. The highest BCUT2D eigenvalue weighted by Gasteiger charge is 2.28.